The number of hydrogen-bond donors (Lipinski definition) is 2. The molecule has 0 radical (unpaired) electrons. The number of nitrogen functional groups attached to an aromatic ring is 1. The maximum atomic E-state index is 5.83. The third-order valence-electron chi connectivity index (χ3n) is 2.65. The summed E-state index contributed by atoms with van der Waals surface area (Å²) in [5, 5.41) is 3.26. The third kappa shape index (κ3) is 2.70. The summed E-state index contributed by atoms with van der Waals surface area (Å²) in [5.41, 5.74) is 7.93. The lowest BCUT2D eigenvalue weighted by atomic mass is 10.1. The van der Waals surface area contributed by atoms with Crippen molar-refractivity contribution in [1.82, 2.24) is 4.98 Å². The molecule has 0 saturated carbocycles. The van der Waals surface area contributed by atoms with Gasteiger partial charge in [-0.05, 0) is 31.4 Å². The van der Waals surface area contributed by atoms with Crippen LogP contribution in [0.25, 0.3) is 11.1 Å². The van der Waals surface area contributed by atoms with E-state index in [0.717, 1.165) is 17.5 Å². The fraction of sp³-hybridized carbons (Fsp3) is 0.462. The van der Waals surface area contributed by atoms with Gasteiger partial charge in [-0.1, -0.05) is 19.9 Å². The molecule has 17 heavy (non-hydrogen) atoms. The van der Waals surface area contributed by atoms with E-state index in [0.29, 0.717) is 23.7 Å². The summed E-state index contributed by atoms with van der Waals surface area (Å²) < 4.78 is 5.60. The predicted octanol–water partition coefficient (Wildman–Crippen LogP) is 3.26. The number of benzene rings is 1. The van der Waals surface area contributed by atoms with Gasteiger partial charge >= 0.3 is 0 Å². The first-order valence-electron chi connectivity index (χ1n) is 5.98. The summed E-state index contributed by atoms with van der Waals surface area (Å²) >= 11 is 0. The molecule has 1 unspecified atom stereocenters. The summed E-state index contributed by atoms with van der Waals surface area (Å²) in [5.74, 6) is 0.645. The minimum absolute atomic E-state index is 0.337. The van der Waals surface area contributed by atoms with E-state index in [2.05, 4.69) is 31.1 Å². The predicted molar refractivity (Wildman–Crippen MR) is 71.0 cm³/mol. The molecule has 92 valence electrons. The van der Waals surface area contributed by atoms with Crippen LogP contribution in [0.2, 0.25) is 0 Å². The molecule has 1 aromatic carbocycles. The van der Waals surface area contributed by atoms with Gasteiger partial charge < -0.3 is 15.5 Å². The minimum atomic E-state index is 0.337. The number of para-hydroxylation sites is 1. The molecule has 3 N–H and O–H groups in total. The van der Waals surface area contributed by atoms with Crippen molar-refractivity contribution < 1.29 is 4.42 Å². The van der Waals surface area contributed by atoms with Crippen LogP contribution >= 0.6 is 0 Å². The van der Waals surface area contributed by atoms with Gasteiger partial charge in [-0.15, -0.1) is 0 Å². The van der Waals surface area contributed by atoms with E-state index in [4.69, 9.17) is 10.2 Å². The van der Waals surface area contributed by atoms with Gasteiger partial charge in [0.05, 0.1) is 5.69 Å². The number of anilines is 2. The number of nitrogens with two attached hydrogens (primary N) is 1. The number of rotatable bonds is 4. The van der Waals surface area contributed by atoms with Gasteiger partial charge in [0.1, 0.15) is 5.52 Å². The maximum Gasteiger partial charge on any atom is 0.295 e. The first-order chi connectivity index (χ1) is 8.06. The summed E-state index contributed by atoms with van der Waals surface area (Å²) in [6.45, 7) is 6.52. The van der Waals surface area contributed by atoms with Crippen LogP contribution in [0.1, 0.15) is 27.2 Å². The number of hydrogen-bond acceptors (Lipinski definition) is 4. The van der Waals surface area contributed by atoms with Crippen molar-refractivity contribution in [3.63, 3.8) is 0 Å². The molecule has 0 amide bonds. The first-order valence-corrected chi connectivity index (χ1v) is 5.98. The van der Waals surface area contributed by atoms with Crippen molar-refractivity contribution in [2.45, 2.75) is 33.2 Å². The average Bonchev–Trinajstić information content (AvgIpc) is 2.60. The molecule has 1 aromatic heterocycles. The Hall–Kier alpha value is -1.71. The maximum absolute atomic E-state index is 5.83. The van der Waals surface area contributed by atoms with Gasteiger partial charge in [-0.3, -0.25) is 0 Å². The molecule has 4 heteroatoms. The van der Waals surface area contributed by atoms with Crippen LogP contribution in [0.15, 0.2) is 22.6 Å². The van der Waals surface area contributed by atoms with E-state index in [1.165, 1.54) is 0 Å². The van der Waals surface area contributed by atoms with E-state index in [1.807, 2.05) is 18.2 Å². The minimum Gasteiger partial charge on any atom is -0.423 e. The highest BCUT2D eigenvalue weighted by molar-refractivity contribution is 5.86. The smallest absolute Gasteiger partial charge is 0.295 e. The van der Waals surface area contributed by atoms with Crippen molar-refractivity contribution in [2.75, 3.05) is 11.1 Å². The normalized spacial score (nSPS) is 13.2. The highest BCUT2D eigenvalue weighted by atomic mass is 16.4. The van der Waals surface area contributed by atoms with Crippen molar-refractivity contribution in [3.8, 4) is 0 Å². The monoisotopic (exact) mass is 233 g/mol. The van der Waals surface area contributed by atoms with Crippen molar-refractivity contribution in [2.24, 2.45) is 5.92 Å². The summed E-state index contributed by atoms with van der Waals surface area (Å²) in [7, 11) is 0. The van der Waals surface area contributed by atoms with Crippen LogP contribution in [0.3, 0.4) is 0 Å². The van der Waals surface area contributed by atoms with E-state index >= 15 is 0 Å². The standard InChI is InChI=1S/C13H19N3O/c1-8(2)7-9(3)15-13-16-12-10(14)5-4-6-11(12)17-13/h4-6,8-9H,7,14H2,1-3H3,(H,15,16). The van der Waals surface area contributed by atoms with E-state index in [9.17, 15) is 0 Å². The lowest BCUT2D eigenvalue weighted by Gasteiger charge is -2.13. The lowest BCUT2D eigenvalue weighted by Crippen LogP contribution is -2.17. The van der Waals surface area contributed by atoms with Crippen molar-refractivity contribution >= 4 is 22.8 Å². The molecule has 4 nitrogen and oxygen atoms in total. The molecule has 1 heterocycles. The molecular weight excluding hydrogens is 214 g/mol. The SMILES string of the molecule is CC(C)CC(C)Nc1nc2c(N)cccc2o1. The van der Waals surface area contributed by atoms with Crippen LogP contribution in [0, 0.1) is 5.92 Å². The first kappa shape index (κ1) is 11.8. The molecule has 0 spiro atoms. The second kappa shape index (κ2) is 4.65. The molecule has 0 bridgehead atoms. The van der Waals surface area contributed by atoms with Gasteiger partial charge in [0, 0.05) is 6.04 Å². The van der Waals surface area contributed by atoms with Gasteiger partial charge in [0.25, 0.3) is 6.01 Å². The number of fused-ring (bicyclic) bond motifs is 1. The highest BCUT2D eigenvalue weighted by Gasteiger charge is 2.11. The van der Waals surface area contributed by atoms with E-state index < -0.39 is 0 Å². The molecule has 2 rings (SSSR count). The lowest BCUT2D eigenvalue weighted by molar-refractivity contribution is 0.521. The zero-order chi connectivity index (χ0) is 12.4. The Kier molecular flexibility index (Phi) is 3.22. The Balaban J connectivity index is 2.17. The fourth-order valence-corrected chi connectivity index (χ4v) is 2.01. The van der Waals surface area contributed by atoms with Crippen LogP contribution < -0.4 is 11.1 Å². The Labute approximate surface area is 101 Å². The van der Waals surface area contributed by atoms with Crippen molar-refractivity contribution in [1.29, 1.82) is 0 Å². The van der Waals surface area contributed by atoms with E-state index in [1.54, 1.807) is 0 Å². The third-order valence-corrected chi connectivity index (χ3v) is 2.65. The molecular formula is C13H19N3O. The summed E-state index contributed by atoms with van der Waals surface area (Å²) in [6, 6.07) is 6.45. The van der Waals surface area contributed by atoms with E-state index in [-0.39, 0.29) is 0 Å². The van der Waals surface area contributed by atoms with Crippen LogP contribution in [-0.4, -0.2) is 11.0 Å². The second-order valence-electron chi connectivity index (χ2n) is 4.89. The molecule has 0 aliphatic rings. The second-order valence-corrected chi connectivity index (χ2v) is 4.89. The van der Waals surface area contributed by atoms with Crippen LogP contribution in [-0.2, 0) is 0 Å². The number of nitrogens with zero attached hydrogens (tertiary/aromatic N) is 1. The largest absolute Gasteiger partial charge is 0.423 e. The molecule has 2 aromatic rings. The molecule has 0 fully saturated rings. The fourth-order valence-electron chi connectivity index (χ4n) is 2.01. The Bertz CT molecular complexity index is 504. The molecule has 0 aliphatic carbocycles. The van der Waals surface area contributed by atoms with Crippen LogP contribution in [0.5, 0.6) is 0 Å². The summed E-state index contributed by atoms with van der Waals surface area (Å²) in [4.78, 5) is 4.36. The van der Waals surface area contributed by atoms with Gasteiger partial charge in [-0.25, -0.2) is 0 Å². The number of nitrogens with one attached hydrogen (secondary N) is 1. The molecule has 0 aliphatic heterocycles. The Morgan fingerprint density at radius 2 is 2.12 bits per heavy atom. The molecule has 1 atom stereocenters. The highest BCUT2D eigenvalue weighted by Crippen LogP contribution is 2.24. The zero-order valence-electron chi connectivity index (χ0n) is 10.5. The Morgan fingerprint density at radius 3 is 2.76 bits per heavy atom. The Morgan fingerprint density at radius 1 is 1.35 bits per heavy atom. The number of oxazole rings is 1. The zero-order valence-corrected chi connectivity index (χ0v) is 10.5. The van der Waals surface area contributed by atoms with Gasteiger partial charge in [0.15, 0.2) is 5.58 Å². The van der Waals surface area contributed by atoms with Crippen molar-refractivity contribution in [3.05, 3.63) is 18.2 Å². The molecule has 0 saturated heterocycles. The van der Waals surface area contributed by atoms with Gasteiger partial charge in [-0.2, -0.15) is 4.98 Å². The number of aromatic nitrogens is 1. The van der Waals surface area contributed by atoms with Gasteiger partial charge in [0.2, 0.25) is 0 Å². The average molecular weight is 233 g/mol. The summed E-state index contributed by atoms with van der Waals surface area (Å²) in [6.07, 6.45) is 1.08. The quantitative estimate of drug-likeness (QED) is 0.795. The topological polar surface area (TPSA) is 64.1 Å². The van der Waals surface area contributed by atoms with Crippen LogP contribution in [0.4, 0.5) is 11.7 Å².